The van der Waals surface area contributed by atoms with E-state index in [0.717, 1.165) is 0 Å². The molecule has 0 fully saturated rings. The van der Waals surface area contributed by atoms with Gasteiger partial charge in [0.25, 0.3) is 0 Å². The van der Waals surface area contributed by atoms with Crippen molar-refractivity contribution in [2.45, 2.75) is 0 Å². The van der Waals surface area contributed by atoms with Crippen molar-refractivity contribution in [3.8, 4) is 17.0 Å². The molecule has 0 unspecified atom stereocenters. The molecule has 2 aromatic rings. The number of methoxy groups -OCH3 is 1. The second-order valence-corrected chi connectivity index (χ2v) is 3.29. The molecule has 0 bridgehead atoms. The lowest BCUT2D eigenvalue weighted by molar-refractivity contribution is 0.415. The van der Waals surface area contributed by atoms with Crippen molar-refractivity contribution in [1.29, 1.82) is 0 Å². The van der Waals surface area contributed by atoms with Gasteiger partial charge in [-0.2, -0.15) is 0 Å². The minimum absolute atomic E-state index is 0.350. The standard InChI is InChI=1S/C12H11FN2O/c1-16-11-3-2-6-15-12(11)9-7-8(13)4-5-10(9)14/h2-7H,14H2,1H3. The average molecular weight is 218 g/mol. The van der Waals surface area contributed by atoms with E-state index in [0.29, 0.717) is 22.7 Å². The molecular weight excluding hydrogens is 207 g/mol. The highest BCUT2D eigenvalue weighted by atomic mass is 19.1. The van der Waals surface area contributed by atoms with Crippen LogP contribution in [0.4, 0.5) is 10.1 Å². The predicted octanol–water partition coefficient (Wildman–Crippen LogP) is 2.48. The smallest absolute Gasteiger partial charge is 0.145 e. The first kappa shape index (κ1) is 10.4. The van der Waals surface area contributed by atoms with Gasteiger partial charge in [-0.3, -0.25) is 4.98 Å². The maximum Gasteiger partial charge on any atom is 0.145 e. The van der Waals surface area contributed by atoms with E-state index in [1.807, 2.05) is 0 Å². The van der Waals surface area contributed by atoms with Crippen LogP contribution in [0.15, 0.2) is 36.5 Å². The van der Waals surface area contributed by atoms with E-state index in [1.165, 1.54) is 25.3 Å². The summed E-state index contributed by atoms with van der Waals surface area (Å²) in [6.07, 6.45) is 1.61. The van der Waals surface area contributed by atoms with Gasteiger partial charge in [-0.15, -0.1) is 0 Å². The third kappa shape index (κ3) is 1.82. The van der Waals surface area contributed by atoms with Gasteiger partial charge in [0.05, 0.1) is 7.11 Å². The van der Waals surface area contributed by atoms with E-state index in [2.05, 4.69) is 4.98 Å². The van der Waals surface area contributed by atoms with Gasteiger partial charge < -0.3 is 10.5 Å². The number of hydrogen-bond acceptors (Lipinski definition) is 3. The van der Waals surface area contributed by atoms with Crippen LogP contribution in [0, 0.1) is 5.82 Å². The van der Waals surface area contributed by atoms with Crippen LogP contribution >= 0.6 is 0 Å². The molecule has 0 amide bonds. The van der Waals surface area contributed by atoms with Crippen molar-refractivity contribution in [1.82, 2.24) is 4.98 Å². The summed E-state index contributed by atoms with van der Waals surface area (Å²) in [5.74, 6) is 0.219. The summed E-state index contributed by atoms with van der Waals surface area (Å²) in [7, 11) is 1.54. The second kappa shape index (κ2) is 4.18. The summed E-state index contributed by atoms with van der Waals surface area (Å²) in [5, 5.41) is 0. The number of ether oxygens (including phenoxy) is 1. The summed E-state index contributed by atoms with van der Waals surface area (Å²) in [6, 6.07) is 7.68. The lowest BCUT2D eigenvalue weighted by atomic mass is 10.1. The van der Waals surface area contributed by atoms with Gasteiger partial charge in [-0.05, 0) is 30.3 Å². The molecule has 0 saturated carbocycles. The van der Waals surface area contributed by atoms with Crippen LogP contribution in [0.1, 0.15) is 0 Å². The first-order valence-corrected chi connectivity index (χ1v) is 4.77. The molecule has 1 aromatic heterocycles. The number of nitrogens with zero attached hydrogens (tertiary/aromatic N) is 1. The molecule has 4 heteroatoms. The molecule has 2 N–H and O–H groups in total. The quantitative estimate of drug-likeness (QED) is 0.788. The second-order valence-electron chi connectivity index (χ2n) is 3.29. The number of hydrogen-bond donors (Lipinski definition) is 1. The summed E-state index contributed by atoms with van der Waals surface area (Å²) in [4.78, 5) is 4.15. The van der Waals surface area contributed by atoms with Gasteiger partial charge in [0.2, 0.25) is 0 Å². The normalized spacial score (nSPS) is 10.1. The third-order valence-electron chi connectivity index (χ3n) is 2.26. The monoisotopic (exact) mass is 218 g/mol. The minimum atomic E-state index is -0.350. The fourth-order valence-electron chi connectivity index (χ4n) is 1.49. The number of rotatable bonds is 2. The Morgan fingerprint density at radius 2 is 2.12 bits per heavy atom. The molecule has 2 rings (SSSR count). The SMILES string of the molecule is COc1cccnc1-c1cc(F)ccc1N. The molecule has 1 aromatic carbocycles. The largest absolute Gasteiger partial charge is 0.494 e. The van der Waals surface area contributed by atoms with E-state index in [9.17, 15) is 4.39 Å². The highest BCUT2D eigenvalue weighted by Crippen LogP contribution is 2.31. The van der Waals surface area contributed by atoms with Crippen LogP contribution in [0.3, 0.4) is 0 Å². The van der Waals surface area contributed by atoms with Gasteiger partial charge in [-0.1, -0.05) is 0 Å². The van der Waals surface area contributed by atoms with Gasteiger partial charge in [-0.25, -0.2) is 4.39 Å². The molecule has 0 spiro atoms. The average Bonchev–Trinajstić information content (AvgIpc) is 2.32. The zero-order valence-electron chi connectivity index (χ0n) is 8.77. The number of pyridine rings is 1. The van der Waals surface area contributed by atoms with Crippen molar-refractivity contribution >= 4 is 5.69 Å². The molecule has 0 aliphatic heterocycles. The molecule has 1 heterocycles. The molecule has 3 nitrogen and oxygen atoms in total. The van der Waals surface area contributed by atoms with Crippen LogP contribution in [0.5, 0.6) is 5.75 Å². The molecule has 16 heavy (non-hydrogen) atoms. The highest BCUT2D eigenvalue weighted by molar-refractivity contribution is 5.77. The van der Waals surface area contributed by atoms with Crippen molar-refractivity contribution in [3.05, 3.63) is 42.3 Å². The molecular formula is C12H11FN2O. The summed E-state index contributed by atoms with van der Waals surface area (Å²) < 4.78 is 18.3. The van der Waals surface area contributed by atoms with Crippen molar-refractivity contribution < 1.29 is 9.13 Å². The lowest BCUT2D eigenvalue weighted by Gasteiger charge is -2.09. The molecule has 0 aliphatic carbocycles. The Labute approximate surface area is 92.7 Å². The van der Waals surface area contributed by atoms with Gasteiger partial charge in [0.15, 0.2) is 0 Å². The van der Waals surface area contributed by atoms with Gasteiger partial charge in [0, 0.05) is 17.4 Å². The first-order chi connectivity index (χ1) is 7.72. The van der Waals surface area contributed by atoms with E-state index in [4.69, 9.17) is 10.5 Å². The number of benzene rings is 1. The van der Waals surface area contributed by atoms with Crippen molar-refractivity contribution in [2.75, 3.05) is 12.8 Å². The predicted molar refractivity (Wildman–Crippen MR) is 60.6 cm³/mol. The fourth-order valence-corrected chi connectivity index (χ4v) is 1.49. The van der Waals surface area contributed by atoms with Crippen molar-refractivity contribution in [2.24, 2.45) is 0 Å². The summed E-state index contributed by atoms with van der Waals surface area (Å²) in [5.41, 5.74) is 7.34. The Hall–Kier alpha value is -2.10. The summed E-state index contributed by atoms with van der Waals surface area (Å²) >= 11 is 0. The summed E-state index contributed by atoms with van der Waals surface area (Å²) in [6.45, 7) is 0. The Bertz CT molecular complexity index is 514. The van der Waals surface area contributed by atoms with Crippen molar-refractivity contribution in [3.63, 3.8) is 0 Å². The maximum absolute atomic E-state index is 13.1. The van der Waals surface area contributed by atoms with E-state index in [1.54, 1.807) is 18.3 Å². The molecule has 0 atom stereocenters. The number of halogens is 1. The van der Waals surface area contributed by atoms with E-state index in [-0.39, 0.29) is 5.82 Å². The van der Waals surface area contributed by atoms with Crippen LogP contribution in [-0.4, -0.2) is 12.1 Å². The number of nitrogens with two attached hydrogens (primary N) is 1. The Morgan fingerprint density at radius 3 is 2.88 bits per heavy atom. The van der Waals surface area contributed by atoms with Gasteiger partial charge >= 0.3 is 0 Å². The van der Waals surface area contributed by atoms with E-state index >= 15 is 0 Å². The van der Waals surface area contributed by atoms with E-state index < -0.39 is 0 Å². The minimum Gasteiger partial charge on any atom is -0.494 e. The third-order valence-corrected chi connectivity index (χ3v) is 2.26. The zero-order chi connectivity index (χ0) is 11.5. The van der Waals surface area contributed by atoms with Crippen LogP contribution in [-0.2, 0) is 0 Å². The van der Waals surface area contributed by atoms with Gasteiger partial charge in [0.1, 0.15) is 17.3 Å². The number of nitrogen functional groups attached to an aromatic ring is 1. The molecule has 0 saturated heterocycles. The Balaban J connectivity index is 2.62. The zero-order valence-corrected chi connectivity index (χ0v) is 8.77. The number of aromatic nitrogens is 1. The highest BCUT2D eigenvalue weighted by Gasteiger charge is 2.10. The van der Waals surface area contributed by atoms with Crippen LogP contribution in [0.2, 0.25) is 0 Å². The van der Waals surface area contributed by atoms with Crippen LogP contribution < -0.4 is 10.5 Å². The topological polar surface area (TPSA) is 48.1 Å². The molecule has 0 radical (unpaired) electrons. The Kier molecular flexibility index (Phi) is 2.72. The Morgan fingerprint density at radius 1 is 1.31 bits per heavy atom. The lowest BCUT2D eigenvalue weighted by Crippen LogP contribution is -1.95. The maximum atomic E-state index is 13.1. The molecule has 82 valence electrons. The van der Waals surface area contributed by atoms with Crippen LogP contribution in [0.25, 0.3) is 11.3 Å². The molecule has 0 aliphatic rings. The first-order valence-electron chi connectivity index (χ1n) is 4.77. The number of anilines is 1. The fraction of sp³-hybridized carbons (Fsp3) is 0.0833.